The van der Waals surface area contributed by atoms with Crippen LogP contribution >= 0.6 is 12.2 Å². The molecule has 2 aromatic heterocycles. The molecule has 5 heteroatoms. The normalized spacial score (nSPS) is 12.1. The molecule has 0 amide bonds. The van der Waals surface area contributed by atoms with Gasteiger partial charge in [-0.25, -0.2) is 0 Å². The van der Waals surface area contributed by atoms with Gasteiger partial charge in [0.1, 0.15) is 10.7 Å². The average Bonchev–Trinajstić information content (AvgIpc) is 2.87. The third-order valence-electron chi connectivity index (χ3n) is 3.38. The zero-order valence-corrected chi connectivity index (χ0v) is 13.5. The van der Waals surface area contributed by atoms with Crippen molar-refractivity contribution < 1.29 is 4.42 Å². The highest BCUT2D eigenvalue weighted by Crippen LogP contribution is 2.21. The average molecular weight is 303 g/mol. The monoisotopic (exact) mass is 303 g/mol. The first-order chi connectivity index (χ1) is 9.97. The predicted octanol–water partition coefficient (Wildman–Crippen LogP) is 3.36. The number of nitrogens with one attached hydrogen (secondary N) is 1. The molecule has 0 saturated carbocycles. The van der Waals surface area contributed by atoms with Crippen LogP contribution in [0.2, 0.25) is 0 Å². The Bertz CT molecular complexity index is 623. The van der Waals surface area contributed by atoms with E-state index in [1.54, 1.807) is 6.26 Å². The molecule has 0 spiro atoms. The molecule has 112 valence electrons. The third kappa shape index (κ3) is 4.04. The first kappa shape index (κ1) is 15.5. The number of hydrogen-bond donors (Lipinski definition) is 2. The number of aromatic nitrogens is 1. The Morgan fingerprint density at radius 3 is 2.86 bits per heavy atom. The molecule has 2 aromatic rings. The molecular formula is C16H21N3OS. The fourth-order valence-electron chi connectivity index (χ4n) is 2.40. The van der Waals surface area contributed by atoms with Crippen LogP contribution in [0, 0.1) is 13.8 Å². The van der Waals surface area contributed by atoms with Crippen molar-refractivity contribution >= 4 is 22.9 Å². The van der Waals surface area contributed by atoms with Crippen LogP contribution in [0.1, 0.15) is 36.1 Å². The smallest absolute Gasteiger partial charge is 0.107 e. The van der Waals surface area contributed by atoms with Crippen molar-refractivity contribution in [3.63, 3.8) is 0 Å². The van der Waals surface area contributed by atoms with E-state index < -0.39 is 0 Å². The molecule has 3 N–H and O–H groups in total. The molecule has 0 aliphatic carbocycles. The number of thiocarbonyl (C=S) groups is 1. The van der Waals surface area contributed by atoms with Crippen LogP contribution in [-0.4, -0.2) is 16.0 Å². The van der Waals surface area contributed by atoms with Gasteiger partial charge < -0.3 is 15.5 Å². The molecule has 0 bridgehead atoms. The highest BCUT2D eigenvalue weighted by Gasteiger charge is 2.13. The second kappa shape index (κ2) is 6.72. The van der Waals surface area contributed by atoms with Gasteiger partial charge in [-0.05, 0) is 45.4 Å². The SMILES string of the molecule is Cc1cc(NC(C)CCc2ccco2)c(C(N)=S)c(C)n1. The van der Waals surface area contributed by atoms with Crippen molar-refractivity contribution in [1.82, 2.24) is 4.98 Å². The first-order valence-electron chi connectivity index (χ1n) is 7.04. The Labute approximate surface area is 130 Å². The van der Waals surface area contributed by atoms with Crippen LogP contribution in [0.15, 0.2) is 28.9 Å². The quantitative estimate of drug-likeness (QED) is 0.801. The standard InChI is InChI=1S/C16H21N3OS/c1-10(6-7-13-5-4-8-20-13)19-14-9-11(2)18-12(3)15(14)16(17)21/h4-5,8-10H,6-7H2,1-3H3,(H2,17,21)(H,18,19). The van der Waals surface area contributed by atoms with Crippen molar-refractivity contribution in [2.75, 3.05) is 5.32 Å². The molecule has 1 atom stereocenters. The molecular weight excluding hydrogens is 282 g/mol. The van der Waals surface area contributed by atoms with Gasteiger partial charge in [-0.15, -0.1) is 0 Å². The minimum absolute atomic E-state index is 0.282. The minimum atomic E-state index is 0.282. The van der Waals surface area contributed by atoms with Crippen LogP contribution in [0.5, 0.6) is 0 Å². The Kier molecular flexibility index (Phi) is 4.96. The number of aryl methyl sites for hydroxylation is 3. The van der Waals surface area contributed by atoms with Gasteiger partial charge >= 0.3 is 0 Å². The first-order valence-corrected chi connectivity index (χ1v) is 7.45. The van der Waals surface area contributed by atoms with Gasteiger partial charge in [-0.1, -0.05) is 12.2 Å². The summed E-state index contributed by atoms with van der Waals surface area (Å²) in [5, 5.41) is 3.49. The molecule has 21 heavy (non-hydrogen) atoms. The van der Waals surface area contributed by atoms with E-state index in [4.69, 9.17) is 22.4 Å². The van der Waals surface area contributed by atoms with Crippen LogP contribution < -0.4 is 11.1 Å². The lowest BCUT2D eigenvalue weighted by Crippen LogP contribution is -2.21. The van der Waals surface area contributed by atoms with Gasteiger partial charge in [0.25, 0.3) is 0 Å². The minimum Gasteiger partial charge on any atom is -0.469 e. The molecule has 0 radical (unpaired) electrons. The number of anilines is 1. The Hall–Kier alpha value is -1.88. The van der Waals surface area contributed by atoms with Crippen molar-refractivity contribution in [2.45, 2.75) is 39.7 Å². The van der Waals surface area contributed by atoms with E-state index in [9.17, 15) is 0 Å². The molecule has 0 saturated heterocycles. The van der Waals surface area contributed by atoms with E-state index in [-0.39, 0.29) is 6.04 Å². The summed E-state index contributed by atoms with van der Waals surface area (Å²) in [6, 6.07) is 6.18. The maximum absolute atomic E-state index is 5.83. The van der Waals surface area contributed by atoms with Crippen molar-refractivity contribution in [1.29, 1.82) is 0 Å². The molecule has 2 heterocycles. The second-order valence-electron chi connectivity index (χ2n) is 5.30. The Morgan fingerprint density at radius 2 is 2.24 bits per heavy atom. The van der Waals surface area contributed by atoms with E-state index >= 15 is 0 Å². The van der Waals surface area contributed by atoms with Gasteiger partial charge in [-0.3, -0.25) is 4.98 Å². The summed E-state index contributed by atoms with van der Waals surface area (Å²) in [6.07, 6.45) is 3.56. The topological polar surface area (TPSA) is 64.1 Å². The lowest BCUT2D eigenvalue weighted by atomic mass is 10.1. The largest absolute Gasteiger partial charge is 0.469 e. The van der Waals surface area contributed by atoms with E-state index in [1.165, 1.54) is 0 Å². The van der Waals surface area contributed by atoms with Crippen LogP contribution in [0.4, 0.5) is 5.69 Å². The zero-order chi connectivity index (χ0) is 15.4. The molecule has 4 nitrogen and oxygen atoms in total. The summed E-state index contributed by atoms with van der Waals surface area (Å²) in [5.41, 5.74) is 9.44. The van der Waals surface area contributed by atoms with E-state index in [0.717, 1.165) is 41.2 Å². The maximum Gasteiger partial charge on any atom is 0.107 e. The number of nitrogens with zero attached hydrogens (tertiary/aromatic N) is 1. The van der Waals surface area contributed by atoms with Gasteiger partial charge in [0.05, 0.1) is 11.8 Å². The molecule has 0 fully saturated rings. The van der Waals surface area contributed by atoms with Gasteiger partial charge in [0.15, 0.2) is 0 Å². The fraction of sp³-hybridized carbons (Fsp3) is 0.375. The lowest BCUT2D eigenvalue weighted by molar-refractivity contribution is 0.495. The summed E-state index contributed by atoms with van der Waals surface area (Å²) in [6.45, 7) is 6.03. The van der Waals surface area contributed by atoms with E-state index in [0.29, 0.717) is 4.99 Å². The van der Waals surface area contributed by atoms with Crippen LogP contribution in [0.3, 0.4) is 0 Å². The fourth-order valence-corrected chi connectivity index (χ4v) is 2.66. The molecule has 0 aromatic carbocycles. The van der Waals surface area contributed by atoms with Crippen molar-refractivity contribution in [3.8, 4) is 0 Å². The number of hydrogen-bond acceptors (Lipinski definition) is 4. The van der Waals surface area contributed by atoms with Crippen LogP contribution in [0.25, 0.3) is 0 Å². The van der Waals surface area contributed by atoms with E-state index in [1.807, 2.05) is 32.0 Å². The number of furan rings is 1. The van der Waals surface area contributed by atoms with Crippen molar-refractivity contribution in [2.24, 2.45) is 5.73 Å². The molecule has 0 aliphatic heterocycles. The van der Waals surface area contributed by atoms with E-state index in [2.05, 4.69) is 17.2 Å². The second-order valence-corrected chi connectivity index (χ2v) is 5.74. The summed E-state index contributed by atoms with van der Waals surface area (Å²) in [4.78, 5) is 4.80. The maximum atomic E-state index is 5.83. The van der Waals surface area contributed by atoms with Gasteiger partial charge in [0.2, 0.25) is 0 Å². The van der Waals surface area contributed by atoms with Crippen LogP contribution in [-0.2, 0) is 6.42 Å². The highest BCUT2D eigenvalue weighted by molar-refractivity contribution is 7.80. The van der Waals surface area contributed by atoms with Gasteiger partial charge in [0, 0.05) is 29.5 Å². The Morgan fingerprint density at radius 1 is 1.48 bits per heavy atom. The third-order valence-corrected chi connectivity index (χ3v) is 3.58. The summed E-state index contributed by atoms with van der Waals surface area (Å²) >= 11 is 5.15. The number of pyridine rings is 1. The lowest BCUT2D eigenvalue weighted by Gasteiger charge is -2.19. The summed E-state index contributed by atoms with van der Waals surface area (Å²) in [7, 11) is 0. The highest BCUT2D eigenvalue weighted by atomic mass is 32.1. The predicted molar refractivity (Wildman–Crippen MR) is 89.7 cm³/mol. The van der Waals surface area contributed by atoms with Crippen molar-refractivity contribution in [3.05, 3.63) is 47.2 Å². The molecule has 1 unspecified atom stereocenters. The molecule has 2 rings (SSSR count). The number of rotatable bonds is 6. The van der Waals surface area contributed by atoms with Gasteiger partial charge in [-0.2, -0.15) is 0 Å². The molecule has 0 aliphatic rings. The zero-order valence-electron chi connectivity index (χ0n) is 12.6. The Balaban J connectivity index is 2.09. The summed E-state index contributed by atoms with van der Waals surface area (Å²) in [5.74, 6) is 1.00. The summed E-state index contributed by atoms with van der Waals surface area (Å²) < 4.78 is 5.36. The number of nitrogens with two attached hydrogens (primary N) is 1.